The Balaban J connectivity index is 1.68. The smallest absolute Gasteiger partial charge is 0.251 e. The zero-order valence-corrected chi connectivity index (χ0v) is 18.7. The number of nitrogens with one attached hydrogen (secondary N) is 2. The lowest BCUT2D eigenvalue weighted by atomic mass is 10.0. The molecule has 6 nitrogen and oxygen atoms in total. The van der Waals surface area contributed by atoms with Crippen LogP contribution in [0.15, 0.2) is 83.8 Å². The normalized spacial score (nSPS) is 13.8. The molecule has 0 saturated heterocycles. The van der Waals surface area contributed by atoms with Gasteiger partial charge in [0, 0.05) is 23.5 Å². The van der Waals surface area contributed by atoms with Crippen LogP contribution in [0, 0.1) is 6.92 Å². The van der Waals surface area contributed by atoms with Crippen molar-refractivity contribution in [3.63, 3.8) is 0 Å². The first kappa shape index (κ1) is 23.8. The molecule has 0 aliphatic heterocycles. The highest BCUT2D eigenvalue weighted by atomic mass is 32.2. The topological polar surface area (TPSA) is 101 Å². The van der Waals surface area contributed by atoms with Crippen molar-refractivity contribution >= 4 is 17.0 Å². The maximum atomic E-state index is 12.8. The third-order valence-electron chi connectivity index (χ3n) is 5.13. The van der Waals surface area contributed by atoms with Gasteiger partial charge in [0.15, 0.2) is 0 Å². The Bertz CT molecular complexity index is 1060. The quantitative estimate of drug-likeness (QED) is 0.412. The molecule has 0 heterocycles. The van der Waals surface area contributed by atoms with Gasteiger partial charge in [0.25, 0.3) is 5.91 Å². The molecule has 0 aromatic heterocycles. The summed E-state index contributed by atoms with van der Waals surface area (Å²) in [7, 11) is 0. The minimum absolute atomic E-state index is 0.0395. The third kappa shape index (κ3) is 7.10. The van der Waals surface area contributed by atoms with Gasteiger partial charge < -0.3 is 20.3 Å². The number of aliphatic hydroxyl groups excluding tert-OH is 1. The molecule has 3 atom stereocenters. The molecule has 1 amide bonds. The minimum atomic E-state index is -2.42. The van der Waals surface area contributed by atoms with Gasteiger partial charge in [0.2, 0.25) is 0 Å². The van der Waals surface area contributed by atoms with Gasteiger partial charge in [-0.1, -0.05) is 66.2 Å². The first-order valence-corrected chi connectivity index (χ1v) is 11.5. The molecule has 3 aromatic rings. The van der Waals surface area contributed by atoms with Crippen LogP contribution in [-0.4, -0.2) is 38.5 Å². The molecule has 3 aromatic carbocycles. The van der Waals surface area contributed by atoms with E-state index in [1.807, 2.05) is 55.5 Å². The molecular weight excluding hydrogens is 424 g/mol. The summed E-state index contributed by atoms with van der Waals surface area (Å²) < 4.78 is 22.4. The summed E-state index contributed by atoms with van der Waals surface area (Å²) in [5.41, 5.74) is 3.48. The van der Waals surface area contributed by atoms with Gasteiger partial charge in [-0.25, -0.2) is 0 Å². The van der Waals surface area contributed by atoms with Gasteiger partial charge in [-0.05, 0) is 53.8 Å². The van der Waals surface area contributed by atoms with Crippen LogP contribution >= 0.6 is 0 Å². The van der Waals surface area contributed by atoms with Crippen LogP contribution < -0.4 is 10.6 Å². The van der Waals surface area contributed by atoms with Gasteiger partial charge in [0.05, 0.1) is 12.1 Å². The predicted octanol–water partition coefficient (Wildman–Crippen LogP) is 2.72. The molecule has 0 saturated carbocycles. The molecular formula is C25H27N2O4S-. The maximum Gasteiger partial charge on any atom is 0.251 e. The summed E-state index contributed by atoms with van der Waals surface area (Å²) in [5.74, 6) is -0.434. The lowest BCUT2D eigenvalue weighted by molar-refractivity contribution is 0.0829. The second-order valence-corrected chi connectivity index (χ2v) is 8.66. The molecule has 3 N–H and O–H groups in total. The summed E-state index contributed by atoms with van der Waals surface area (Å²) in [4.78, 5) is 12.9. The number of amides is 1. The van der Waals surface area contributed by atoms with Crippen molar-refractivity contribution in [2.45, 2.75) is 36.9 Å². The van der Waals surface area contributed by atoms with Crippen molar-refractivity contribution in [3.8, 4) is 0 Å². The van der Waals surface area contributed by atoms with Gasteiger partial charge >= 0.3 is 0 Å². The van der Waals surface area contributed by atoms with Crippen molar-refractivity contribution < 1.29 is 18.7 Å². The van der Waals surface area contributed by atoms with Crippen LogP contribution in [-0.2, 0) is 24.0 Å². The second-order valence-electron chi connectivity index (χ2n) is 7.72. The van der Waals surface area contributed by atoms with Crippen molar-refractivity contribution in [1.29, 1.82) is 0 Å². The summed E-state index contributed by atoms with van der Waals surface area (Å²) in [6, 6.07) is 23.0. The van der Waals surface area contributed by atoms with E-state index in [2.05, 4.69) is 16.7 Å². The van der Waals surface area contributed by atoms with Crippen molar-refractivity contribution in [2.75, 3.05) is 6.54 Å². The summed E-state index contributed by atoms with van der Waals surface area (Å²) >= 11 is -2.42. The first-order chi connectivity index (χ1) is 15.4. The third-order valence-corrected chi connectivity index (χ3v) is 5.77. The van der Waals surface area contributed by atoms with Gasteiger partial charge in [0.1, 0.15) is 0 Å². The molecule has 0 fully saturated rings. The molecule has 0 spiro atoms. The van der Waals surface area contributed by atoms with E-state index in [4.69, 9.17) is 0 Å². The Kier molecular flexibility index (Phi) is 8.70. The van der Waals surface area contributed by atoms with E-state index >= 15 is 0 Å². The van der Waals surface area contributed by atoms with Gasteiger partial charge in [-0.3, -0.25) is 9.00 Å². The molecule has 32 heavy (non-hydrogen) atoms. The lowest BCUT2D eigenvalue weighted by Gasteiger charge is -2.25. The van der Waals surface area contributed by atoms with Crippen LogP contribution in [0.5, 0.6) is 0 Å². The molecule has 168 valence electrons. The largest absolute Gasteiger partial charge is 0.768 e. The van der Waals surface area contributed by atoms with E-state index in [1.165, 1.54) is 23.8 Å². The summed E-state index contributed by atoms with van der Waals surface area (Å²) in [6.07, 6.45) is -0.409. The van der Waals surface area contributed by atoms with Crippen LogP contribution in [0.3, 0.4) is 0 Å². The monoisotopic (exact) mass is 451 g/mol. The Morgan fingerprint density at radius 1 is 1.00 bits per heavy atom. The SMILES string of the molecule is Cc1cccc(CNC[C@@H](O)[C@H](Cc2ccccc2)NC(=O)c2cccc(S(=O)[O-])c2)c1. The number of benzene rings is 3. The van der Waals surface area contributed by atoms with Crippen molar-refractivity contribution in [1.82, 2.24) is 10.6 Å². The Morgan fingerprint density at radius 3 is 2.44 bits per heavy atom. The number of carbonyl (C=O) groups excluding carboxylic acids is 1. The zero-order chi connectivity index (χ0) is 22.9. The number of aliphatic hydroxyl groups is 1. The van der Waals surface area contributed by atoms with E-state index in [0.717, 1.165) is 11.1 Å². The molecule has 3 rings (SSSR count). The van der Waals surface area contributed by atoms with Crippen molar-refractivity contribution in [3.05, 3.63) is 101 Å². The van der Waals surface area contributed by atoms with E-state index < -0.39 is 29.1 Å². The van der Waals surface area contributed by atoms with Crippen LogP contribution in [0.1, 0.15) is 27.0 Å². The Labute approximate surface area is 191 Å². The number of carbonyl (C=O) groups is 1. The molecule has 0 bridgehead atoms. The predicted molar refractivity (Wildman–Crippen MR) is 124 cm³/mol. The van der Waals surface area contributed by atoms with Gasteiger partial charge in [-0.15, -0.1) is 0 Å². The van der Waals surface area contributed by atoms with Crippen LogP contribution in [0.2, 0.25) is 0 Å². The van der Waals surface area contributed by atoms with E-state index in [-0.39, 0.29) is 17.0 Å². The Hall–Kier alpha value is -2.84. The standard InChI is InChI=1S/C25H28N2O4S/c1-18-7-5-10-20(13-18)16-26-17-24(28)23(14-19-8-3-2-4-9-19)27-25(29)21-11-6-12-22(15-21)32(30)31/h2-13,15,23-24,26,28H,14,16-17H2,1H3,(H,27,29)(H,30,31)/p-1/t23-,24+/m0/s1. The van der Waals surface area contributed by atoms with E-state index in [9.17, 15) is 18.7 Å². The first-order valence-electron chi connectivity index (χ1n) is 10.4. The molecule has 0 aliphatic carbocycles. The zero-order valence-electron chi connectivity index (χ0n) is 17.9. The average Bonchev–Trinajstić information content (AvgIpc) is 2.79. The molecule has 1 unspecified atom stereocenters. The van der Waals surface area contributed by atoms with Crippen LogP contribution in [0.4, 0.5) is 0 Å². The number of hydrogen-bond acceptors (Lipinski definition) is 5. The maximum absolute atomic E-state index is 12.8. The second kappa shape index (κ2) is 11.7. The highest BCUT2D eigenvalue weighted by Crippen LogP contribution is 2.11. The fraction of sp³-hybridized carbons (Fsp3) is 0.240. The number of hydrogen-bond donors (Lipinski definition) is 3. The number of aryl methyl sites for hydroxylation is 1. The summed E-state index contributed by atoms with van der Waals surface area (Å²) in [5, 5.41) is 17.0. The minimum Gasteiger partial charge on any atom is -0.768 e. The molecule has 7 heteroatoms. The lowest BCUT2D eigenvalue weighted by Crippen LogP contribution is -2.48. The Morgan fingerprint density at radius 2 is 1.72 bits per heavy atom. The summed E-state index contributed by atoms with van der Waals surface area (Å²) in [6.45, 7) is 2.92. The van der Waals surface area contributed by atoms with E-state index in [1.54, 1.807) is 6.07 Å². The number of rotatable bonds is 10. The fourth-order valence-corrected chi connectivity index (χ4v) is 3.89. The van der Waals surface area contributed by atoms with E-state index in [0.29, 0.717) is 13.0 Å². The average molecular weight is 452 g/mol. The van der Waals surface area contributed by atoms with Crippen LogP contribution in [0.25, 0.3) is 0 Å². The molecule has 0 aliphatic rings. The van der Waals surface area contributed by atoms with Gasteiger partial charge in [-0.2, -0.15) is 0 Å². The highest BCUT2D eigenvalue weighted by Gasteiger charge is 2.22. The fourth-order valence-electron chi connectivity index (χ4n) is 3.47. The molecule has 0 radical (unpaired) electrons. The highest BCUT2D eigenvalue weighted by molar-refractivity contribution is 7.79. The van der Waals surface area contributed by atoms with Crippen molar-refractivity contribution in [2.24, 2.45) is 0 Å².